The second kappa shape index (κ2) is 9.25. The van der Waals surface area contributed by atoms with Crippen LogP contribution in [0.5, 0.6) is 0 Å². The second-order valence-electron chi connectivity index (χ2n) is 6.94. The molecule has 4 rings (SSSR count). The number of halogens is 1. The Morgan fingerprint density at radius 1 is 0.906 bits per heavy atom. The Kier molecular flexibility index (Phi) is 6.25. The molecule has 3 N–H and O–H groups in total. The van der Waals surface area contributed by atoms with Gasteiger partial charge in [0.15, 0.2) is 0 Å². The molecule has 162 valence electrons. The molecule has 1 heterocycles. The van der Waals surface area contributed by atoms with Gasteiger partial charge >= 0.3 is 6.03 Å². The van der Waals surface area contributed by atoms with Gasteiger partial charge in [-0.15, -0.1) is 0 Å². The van der Waals surface area contributed by atoms with Crippen LogP contribution in [0.15, 0.2) is 90.1 Å². The molecule has 0 radical (unpaired) electrons. The highest BCUT2D eigenvalue weighted by molar-refractivity contribution is 7.92. The van der Waals surface area contributed by atoms with Crippen LogP contribution in [0.25, 0.3) is 10.8 Å². The monoisotopic (exact) mass is 466 g/mol. The quantitative estimate of drug-likeness (QED) is 0.372. The predicted octanol–water partition coefficient (Wildman–Crippen LogP) is 5.01. The van der Waals surface area contributed by atoms with Crippen molar-refractivity contribution >= 4 is 49.8 Å². The van der Waals surface area contributed by atoms with E-state index in [1.165, 1.54) is 24.3 Å². The maximum absolute atomic E-state index is 12.9. The van der Waals surface area contributed by atoms with Gasteiger partial charge in [-0.2, -0.15) is 0 Å². The number of carbonyl (C=O) groups is 1. The number of urea groups is 1. The molecule has 7 nitrogen and oxygen atoms in total. The molecule has 3 aromatic carbocycles. The van der Waals surface area contributed by atoms with Crippen LogP contribution in [0.1, 0.15) is 5.56 Å². The molecule has 0 aliphatic rings. The number of rotatable bonds is 6. The third-order valence-electron chi connectivity index (χ3n) is 4.71. The number of carbonyl (C=O) groups excluding carboxylic acids is 1. The number of aromatic nitrogens is 1. The molecule has 0 bridgehead atoms. The number of amides is 2. The number of hydrogen-bond acceptors (Lipinski definition) is 4. The van der Waals surface area contributed by atoms with Gasteiger partial charge in [-0.1, -0.05) is 41.9 Å². The summed E-state index contributed by atoms with van der Waals surface area (Å²) in [5.74, 6) is 0. The van der Waals surface area contributed by atoms with E-state index in [0.29, 0.717) is 28.3 Å². The predicted molar refractivity (Wildman–Crippen MR) is 126 cm³/mol. The molecule has 9 heteroatoms. The van der Waals surface area contributed by atoms with Crippen LogP contribution < -0.4 is 15.4 Å². The first kappa shape index (κ1) is 21.6. The average Bonchev–Trinajstić information content (AvgIpc) is 2.81. The van der Waals surface area contributed by atoms with Crippen LogP contribution in [0.4, 0.5) is 16.2 Å². The summed E-state index contributed by atoms with van der Waals surface area (Å²) < 4.78 is 28.4. The summed E-state index contributed by atoms with van der Waals surface area (Å²) in [6, 6.07) is 19.7. The van der Waals surface area contributed by atoms with E-state index >= 15 is 0 Å². The molecule has 0 fully saturated rings. The molecule has 0 atom stereocenters. The first-order valence-corrected chi connectivity index (χ1v) is 11.5. The van der Waals surface area contributed by atoms with Gasteiger partial charge in [0, 0.05) is 40.4 Å². The highest BCUT2D eigenvalue weighted by atomic mass is 35.5. The van der Waals surface area contributed by atoms with E-state index in [2.05, 4.69) is 20.3 Å². The number of nitrogens with one attached hydrogen (secondary N) is 3. The minimum atomic E-state index is -3.84. The molecular formula is C23H19ClN4O3S. The van der Waals surface area contributed by atoms with Crippen LogP contribution in [0.2, 0.25) is 5.02 Å². The lowest BCUT2D eigenvalue weighted by Crippen LogP contribution is -2.28. The number of sulfonamides is 1. The minimum Gasteiger partial charge on any atom is -0.334 e. The molecule has 32 heavy (non-hydrogen) atoms. The van der Waals surface area contributed by atoms with Crippen molar-refractivity contribution in [2.45, 2.75) is 11.4 Å². The lowest BCUT2D eigenvalue weighted by molar-refractivity contribution is 0.251. The van der Waals surface area contributed by atoms with Crippen molar-refractivity contribution in [3.05, 3.63) is 95.8 Å². The van der Waals surface area contributed by atoms with Gasteiger partial charge in [0.05, 0.1) is 10.6 Å². The summed E-state index contributed by atoms with van der Waals surface area (Å²) in [6.07, 6.45) is 3.32. The van der Waals surface area contributed by atoms with Gasteiger partial charge in [-0.25, -0.2) is 13.2 Å². The SMILES string of the molecule is O=C(NCc1cccnc1)Nc1ccc(S(=O)(=O)Nc2ccc(Cl)c3ccccc23)cc1. The zero-order chi connectivity index (χ0) is 22.6. The van der Waals surface area contributed by atoms with Crippen LogP contribution >= 0.6 is 11.6 Å². The van der Waals surface area contributed by atoms with E-state index in [1.807, 2.05) is 24.3 Å². The first-order chi connectivity index (χ1) is 15.4. The van der Waals surface area contributed by atoms with E-state index in [4.69, 9.17) is 11.6 Å². The van der Waals surface area contributed by atoms with Crippen LogP contribution in [-0.4, -0.2) is 19.4 Å². The van der Waals surface area contributed by atoms with E-state index in [1.54, 1.807) is 36.7 Å². The Balaban J connectivity index is 1.44. The number of hydrogen-bond donors (Lipinski definition) is 3. The Morgan fingerprint density at radius 3 is 2.38 bits per heavy atom. The van der Waals surface area contributed by atoms with E-state index < -0.39 is 16.1 Å². The summed E-state index contributed by atoms with van der Waals surface area (Å²) in [5.41, 5.74) is 1.76. The van der Waals surface area contributed by atoms with Crippen molar-refractivity contribution in [3.8, 4) is 0 Å². The Hall–Kier alpha value is -3.62. The lowest BCUT2D eigenvalue weighted by atomic mass is 10.1. The second-order valence-corrected chi connectivity index (χ2v) is 9.03. The molecule has 0 spiro atoms. The minimum absolute atomic E-state index is 0.0675. The number of anilines is 2. The normalized spacial score (nSPS) is 11.2. The number of benzene rings is 3. The van der Waals surface area contributed by atoms with Crippen molar-refractivity contribution in [3.63, 3.8) is 0 Å². The first-order valence-electron chi connectivity index (χ1n) is 9.66. The van der Waals surface area contributed by atoms with E-state index in [0.717, 1.165) is 10.9 Å². The van der Waals surface area contributed by atoms with Gasteiger partial charge in [0.25, 0.3) is 10.0 Å². The molecule has 0 saturated heterocycles. The molecule has 0 saturated carbocycles. The third-order valence-corrected chi connectivity index (χ3v) is 6.42. The third kappa shape index (κ3) is 4.99. The van der Waals surface area contributed by atoms with Gasteiger partial charge in [-0.05, 0) is 48.0 Å². The van der Waals surface area contributed by atoms with Crippen molar-refractivity contribution in [1.82, 2.24) is 10.3 Å². The fourth-order valence-corrected chi connectivity index (χ4v) is 4.44. The van der Waals surface area contributed by atoms with Crippen molar-refractivity contribution in [2.75, 3.05) is 10.0 Å². The molecule has 0 aliphatic carbocycles. The Bertz CT molecular complexity index is 1360. The smallest absolute Gasteiger partial charge is 0.319 e. The summed E-state index contributed by atoms with van der Waals surface area (Å²) in [7, 11) is -3.84. The number of fused-ring (bicyclic) bond motifs is 1. The molecule has 4 aromatic rings. The van der Waals surface area contributed by atoms with E-state index in [-0.39, 0.29) is 4.90 Å². The largest absolute Gasteiger partial charge is 0.334 e. The fraction of sp³-hybridized carbons (Fsp3) is 0.0435. The van der Waals surface area contributed by atoms with E-state index in [9.17, 15) is 13.2 Å². The molecule has 2 amide bonds. The van der Waals surface area contributed by atoms with Gasteiger partial charge < -0.3 is 10.6 Å². The highest BCUT2D eigenvalue weighted by Gasteiger charge is 2.16. The zero-order valence-corrected chi connectivity index (χ0v) is 18.3. The van der Waals surface area contributed by atoms with Crippen LogP contribution in [0.3, 0.4) is 0 Å². The number of pyridine rings is 1. The average molecular weight is 467 g/mol. The van der Waals surface area contributed by atoms with Crippen molar-refractivity contribution in [2.24, 2.45) is 0 Å². The molecule has 0 unspecified atom stereocenters. The Labute approximate surface area is 190 Å². The van der Waals surface area contributed by atoms with Gasteiger partial charge in [-0.3, -0.25) is 9.71 Å². The maximum atomic E-state index is 12.9. The fourth-order valence-electron chi connectivity index (χ4n) is 3.13. The van der Waals surface area contributed by atoms with Crippen LogP contribution in [-0.2, 0) is 16.6 Å². The highest BCUT2D eigenvalue weighted by Crippen LogP contribution is 2.31. The van der Waals surface area contributed by atoms with Gasteiger partial charge in [0.2, 0.25) is 0 Å². The summed E-state index contributed by atoms with van der Waals surface area (Å²) >= 11 is 6.21. The molecule has 1 aromatic heterocycles. The van der Waals surface area contributed by atoms with Gasteiger partial charge in [0.1, 0.15) is 0 Å². The van der Waals surface area contributed by atoms with Crippen LogP contribution in [0, 0.1) is 0 Å². The van der Waals surface area contributed by atoms with Crippen molar-refractivity contribution in [1.29, 1.82) is 0 Å². The lowest BCUT2D eigenvalue weighted by Gasteiger charge is -2.12. The molecule has 0 aliphatic heterocycles. The Morgan fingerprint density at radius 2 is 1.66 bits per heavy atom. The summed E-state index contributed by atoms with van der Waals surface area (Å²) in [5, 5.41) is 7.38. The summed E-state index contributed by atoms with van der Waals surface area (Å²) in [6.45, 7) is 0.325. The molecular weight excluding hydrogens is 448 g/mol. The standard InChI is InChI=1S/C23H19ClN4O3S/c24-21-11-12-22(20-6-2-1-5-19(20)21)28-32(30,31)18-9-7-17(8-10-18)27-23(29)26-15-16-4-3-13-25-14-16/h1-14,28H,15H2,(H2,26,27,29). The number of nitrogens with zero attached hydrogens (tertiary/aromatic N) is 1. The maximum Gasteiger partial charge on any atom is 0.319 e. The summed E-state index contributed by atoms with van der Waals surface area (Å²) in [4.78, 5) is 16.1. The van der Waals surface area contributed by atoms with Crippen molar-refractivity contribution < 1.29 is 13.2 Å². The zero-order valence-electron chi connectivity index (χ0n) is 16.7. The topological polar surface area (TPSA) is 100 Å².